The van der Waals surface area contributed by atoms with Gasteiger partial charge in [-0.2, -0.15) is 0 Å². The highest BCUT2D eigenvalue weighted by Crippen LogP contribution is 2.39. The van der Waals surface area contributed by atoms with E-state index in [4.69, 9.17) is 47.4 Å². The molecule has 336 valence electrons. The molecule has 0 amide bonds. The Balaban J connectivity index is 2.02. The standard InChI is InChI=1S/C43H74O15/c1-9-13-17-18-22-26-34(47)54-39-37(53-33(46)25-21-16-12-4)35(52-32(45)24-20-15-11-3)29(27-49-31(44)23-19-14-10-2)51-41(39)55-40(48)38-36(57-43(7,8)58-38)30-28-50-42(5,6)56-30/h29-30,35-41,48H,9-28H2,1-8H3/t29-,30+,35-,36-,37+,38+,39+,40?,41+/m1/s1. The molecule has 3 heterocycles. The zero-order valence-electron chi connectivity index (χ0n) is 36.5. The van der Waals surface area contributed by atoms with E-state index in [1.54, 1.807) is 27.7 Å². The van der Waals surface area contributed by atoms with Gasteiger partial charge in [0.05, 0.1) is 6.61 Å². The Morgan fingerprint density at radius 3 is 1.62 bits per heavy atom. The van der Waals surface area contributed by atoms with Crippen LogP contribution in [-0.4, -0.2) is 109 Å². The largest absolute Gasteiger partial charge is 0.463 e. The van der Waals surface area contributed by atoms with Gasteiger partial charge < -0.3 is 52.5 Å². The van der Waals surface area contributed by atoms with E-state index in [1.165, 1.54) is 0 Å². The summed E-state index contributed by atoms with van der Waals surface area (Å²) in [6.07, 6.45) is -0.119. The van der Waals surface area contributed by atoms with E-state index in [0.29, 0.717) is 25.7 Å². The number of unbranched alkanes of at least 4 members (excludes halogenated alkanes) is 10. The van der Waals surface area contributed by atoms with Crippen molar-refractivity contribution in [2.45, 2.75) is 238 Å². The molecule has 0 spiro atoms. The molecule has 3 fully saturated rings. The number of esters is 4. The van der Waals surface area contributed by atoms with Crippen LogP contribution in [0.15, 0.2) is 0 Å². The minimum atomic E-state index is -1.77. The highest BCUT2D eigenvalue weighted by atomic mass is 16.8. The number of aliphatic hydroxyl groups excluding tert-OH is 1. The Bertz CT molecular complexity index is 1240. The first-order valence-corrected chi connectivity index (χ1v) is 22.0. The molecule has 9 atom stereocenters. The molecule has 58 heavy (non-hydrogen) atoms. The quantitative estimate of drug-likeness (QED) is 0.0383. The van der Waals surface area contributed by atoms with Gasteiger partial charge in [0.25, 0.3) is 0 Å². The van der Waals surface area contributed by atoms with Crippen LogP contribution in [0, 0.1) is 0 Å². The van der Waals surface area contributed by atoms with Crippen LogP contribution in [0.5, 0.6) is 0 Å². The molecule has 0 saturated carbocycles. The summed E-state index contributed by atoms with van der Waals surface area (Å²) in [5, 5.41) is 11.8. The van der Waals surface area contributed by atoms with Crippen molar-refractivity contribution in [2.75, 3.05) is 13.2 Å². The molecule has 15 heteroatoms. The van der Waals surface area contributed by atoms with E-state index in [1.807, 2.05) is 20.8 Å². The number of rotatable bonds is 27. The number of carbonyl (C=O) groups excluding carboxylic acids is 4. The van der Waals surface area contributed by atoms with Crippen LogP contribution in [0.4, 0.5) is 0 Å². The highest BCUT2D eigenvalue weighted by molar-refractivity contribution is 5.72. The molecule has 3 aliphatic rings. The summed E-state index contributed by atoms with van der Waals surface area (Å²) in [7, 11) is 0. The van der Waals surface area contributed by atoms with Gasteiger partial charge in [-0.3, -0.25) is 19.2 Å². The van der Waals surface area contributed by atoms with Crippen molar-refractivity contribution in [1.29, 1.82) is 0 Å². The van der Waals surface area contributed by atoms with Crippen molar-refractivity contribution in [2.24, 2.45) is 0 Å². The van der Waals surface area contributed by atoms with Gasteiger partial charge in [-0.05, 0) is 53.4 Å². The number of aliphatic hydroxyl groups is 1. The molecule has 0 radical (unpaired) electrons. The van der Waals surface area contributed by atoms with Crippen molar-refractivity contribution in [3.05, 3.63) is 0 Å². The lowest BCUT2D eigenvalue weighted by Gasteiger charge is -2.45. The fourth-order valence-electron chi connectivity index (χ4n) is 7.25. The van der Waals surface area contributed by atoms with Crippen molar-refractivity contribution in [3.8, 4) is 0 Å². The minimum Gasteiger partial charge on any atom is -0.463 e. The summed E-state index contributed by atoms with van der Waals surface area (Å²) in [6, 6.07) is 0. The summed E-state index contributed by atoms with van der Waals surface area (Å²) in [4.78, 5) is 53.4. The Labute approximate surface area is 346 Å². The van der Waals surface area contributed by atoms with Gasteiger partial charge in [-0.25, -0.2) is 0 Å². The molecule has 3 aliphatic heterocycles. The predicted octanol–water partition coefficient (Wildman–Crippen LogP) is 7.10. The second kappa shape index (κ2) is 25.4. The third-order valence-electron chi connectivity index (χ3n) is 10.4. The topological polar surface area (TPSA) is 181 Å². The van der Waals surface area contributed by atoms with E-state index in [0.717, 1.165) is 64.2 Å². The predicted molar refractivity (Wildman–Crippen MR) is 211 cm³/mol. The molecule has 1 unspecified atom stereocenters. The number of hydrogen-bond donors (Lipinski definition) is 1. The fraction of sp³-hybridized carbons (Fsp3) is 0.907. The van der Waals surface area contributed by atoms with Gasteiger partial charge >= 0.3 is 23.9 Å². The maximum Gasteiger partial charge on any atom is 0.306 e. The first-order chi connectivity index (χ1) is 27.6. The fourth-order valence-corrected chi connectivity index (χ4v) is 7.25. The molecule has 0 bridgehead atoms. The monoisotopic (exact) mass is 831 g/mol. The van der Waals surface area contributed by atoms with Gasteiger partial charge in [0.1, 0.15) is 31.0 Å². The van der Waals surface area contributed by atoms with Gasteiger partial charge in [-0.1, -0.05) is 91.9 Å². The van der Waals surface area contributed by atoms with Gasteiger partial charge in [-0.15, -0.1) is 0 Å². The zero-order chi connectivity index (χ0) is 42.7. The lowest BCUT2D eigenvalue weighted by atomic mass is 9.97. The average molecular weight is 831 g/mol. The molecule has 1 N–H and O–H groups in total. The summed E-state index contributed by atoms with van der Waals surface area (Å²) in [6.45, 7) is 14.8. The smallest absolute Gasteiger partial charge is 0.306 e. The minimum absolute atomic E-state index is 0.0511. The molecule has 3 rings (SSSR count). The van der Waals surface area contributed by atoms with Crippen molar-refractivity contribution < 1.29 is 71.7 Å². The van der Waals surface area contributed by atoms with E-state index in [9.17, 15) is 24.3 Å². The summed E-state index contributed by atoms with van der Waals surface area (Å²) >= 11 is 0. The van der Waals surface area contributed by atoms with Crippen LogP contribution >= 0.6 is 0 Å². The summed E-state index contributed by atoms with van der Waals surface area (Å²) in [5.74, 6) is -4.37. The van der Waals surface area contributed by atoms with Crippen molar-refractivity contribution in [3.63, 3.8) is 0 Å². The Morgan fingerprint density at radius 1 is 0.603 bits per heavy atom. The summed E-state index contributed by atoms with van der Waals surface area (Å²) < 4.78 is 60.7. The first kappa shape index (κ1) is 50.0. The molecule has 3 saturated heterocycles. The molecule has 0 aromatic carbocycles. The van der Waals surface area contributed by atoms with Crippen LogP contribution in [0.1, 0.15) is 171 Å². The lowest BCUT2D eigenvalue weighted by molar-refractivity contribution is -0.347. The van der Waals surface area contributed by atoms with E-state index < -0.39 is 97.4 Å². The van der Waals surface area contributed by atoms with Gasteiger partial charge in [0, 0.05) is 25.7 Å². The lowest BCUT2D eigenvalue weighted by Crippen LogP contribution is -2.64. The SMILES string of the molecule is CCCCCCCC(=O)O[C@@H]1[C@H](OC(O)[C@H]2OC(C)(C)O[C@@H]2[C@@H]2COC(C)(C)O2)O[C@H](COC(=O)CCCCC)[C@@H](OC(=O)CCCCC)[C@@H]1OC(=O)CCCCC. The second-order valence-corrected chi connectivity index (χ2v) is 16.6. The summed E-state index contributed by atoms with van der Waals surface area (Å²) in [5.41, 5.74) is 0. The van der Waals surface area contributed by atoms with E-state index >= 15 is 0 Å². The zero-order valence-corrected chi connectivity index (χ0v) is 36.5. The molecular weight excluding hydrogens is 756 g/mol. The molecule has 0 aromatic rings. The second-order valence-electron chi connectivity index (χ2n) is 16.6. The van der Waals surface area contributed by atoms with Crippen LogP contribution in [-0.2, 0) is 66.5 Å². The van der Waals surface area contributed by atoms with Crippen molar-refractivity contribution >= 4 is 23.9 Å². The van der Waals surface area contributed by atoms with E-state index in [-0.39, 0.29) is 32.3 Å². The first-order valence-electron chi connectivity index (χ1n) is 22.0. The maximum atomic E-state index is 13.6. The molecule has 0 aliphatic carbocycles. The third kappa shape index (κ3) is 16.9. The van der Waals surface area contributed by atoms with Crippen LogP contribution in [0.3, 0.4) is 0 Å². The normalized spacial score (nSPS) is 28.2. The molecular formula is C43H74O15. The van der Waals surface area contributed by atoms with E-state index in [2.05, 4.69) is 6.92 Å². The van der Waals surface area contributed by atoms with Crippen LogP contribution < -0.4 is 0 Å². The van der Waals surface area contributed by atoms with Gasteiger partial charge in [0.15, 0.2) is 36.2 Å². The Hall–Kier alpha value is -2.40. The Morgan fingerprint density at radius 2 is 1.09 bits per heavy atom. The number of carbonyl (C=O) groups is 4. The average Bonchev–Trinajstić information content (AvgIpc) is 3.70. The molecule has 0 aromatic heterocycles. The van der Waals surface area contributed by atoms with Gasteiger partial charge in [0.2, 0.25) is 6.29 Å². The highest BCUT2D eigenvalue weighted by Gasteiger charge is 2.57. The van der Waals surface area contributed by atoms with Crippen LogP contribution in [0.2, 0.25) is 0 Å². The van der Waals surface area contributed by atoms with Crippen molar-refractivity contribution in [1.82, 2.24) is 0 Å². The Kier molecular flexibility index (Phi) is 21.9. The number of hydrogen-bond acceptors (Lipinski definition) is 15. The third-order valence-corrected chi connectivity index (χ3v) is 10.4. The maximum absolute atomic E-state index is 13.6. The van der Waals surface area contributed by atoms with Crippen LogP contribution in [0.25, 0.3) is 0 Å². The molecule has 15 nitrogen and oxygen atoms in total. The number of ether oxygens (including phenoxy) is 10.